The van der Waals surface area contributed by atoms with Gasteiger partial charge in [0.05, 0.1) is 7.11 Å². The molecule has 0 aliphatic rings. The summed E-state index contributed by atoms with van der Waals surface area (Å²) in [7, 11) is 1.71. The number of benzene rings is 2. The van der Waals surface area contributed by atoms with Gasteiger partial charge in [0.1, 0.15) is 5.75 Å². The molecule has 0 amide bonds. The van der Waals surface area contributed by atoms with E-state index in [0.29, 0.717) is 5.95 Å². The van der Waals surface area contributed by atoms with Crippen LogP contribution in [0.15, 0.2) is 48.8 Å². The molecule has 0 atom stereocenters. The SMILES string of the molecule is CCc1cnc(NCCc2ccc(OC)c3ccccc23)nc1. The van der Waals surface area contributed by atoms with Crippen LogP contribution in [0.4, 0.5) is 5.95 Å². The van der Waals surface area contributed by atoms with E-state index in [0.717, 1.165) is 36.1 Å². The van der Waals surface area contributed by atoms with Crippen molar-refractivity contribution >= 4 is 16.7 Å². The zero-order valence-corrected chi connectivity index (χ0v) is 13.5. The molecule has 0 saturated heterocycles. The van der Waals surface area contributed by atoms with Gasteiger partial charge in [-0.2, -0.15) is 0 Å². The Kier molecular flexibility index (Phi) is 4.71. The number of aromatic nitrogens is 2. The number of hydrogen-bond donors (Lipinski definition) is 1. The number of nitrogens with zero attached hydrogens (tertiary/aromatic N) is 2. The number of fused-ring (bicyclic) bond motifs is 1. The summed E-state index contributed by atoms with van der Waals surface area (Å²) < 4.78 is 5.44. The lowest BCUT2D eigenvalue weighted by molar-refractivity contribution is 0.419. The minimum absolute atomic E-state index is 0.681. The van der Waals surface area contributed by atoms with Gasteiger partial charge in [0.2, 0.25) is 5.95 Å². The molecule has 0 aliphatic carbocycles. The highest BCUT2D eigenvalue weighted by Gasteiger charge is 2.06. The summed E-state index contributed by atoms with van der Waals surface area (Å²) in [6.07, 6.45) is 5.61. The average Bonchev–Trinajstić information content (AvgIpc) is 2.62. The summed E-state index contributed by atoms with van der Waals surface area (Å²) >= 11 is 0. The predicted molar refractivity (Wildman–Crippen MR) is 94.1 cm³/mol. The van der Waals surface area contributed by atoms with Crippen molar-refractivity contribution < 1.29 is 4.74 Å². The molecule has 0 fully saturated rings. The first-order valence-electron chi connectivity index (χ1n) is 7.91. The molecule has 3 rings (SSSR count). The van der Waals surface area contributed by atoms with E-state index in [1.807, 2.05) is 24.5 Å². The third kappa shape index (κ3) is 3.42. The molecule has 0 unspecified atom stereocenters. The van der Waals surface area contributed by atoms with Crippen LogP contribution in [0.3, 0.4) is 0 Å². The number of methoxy groups -OCH3 is 1. The van der Waals surface area contributed by atoms with Gasteiger partial charge in [0, 0.05) is 24.3 Å². The van der Waals surface area contributed by atoms with Gasteiger partial charge in [-0.1, -0.05) is 37.3 Å². The zero-order valence-electron chi connectivity index (χ0n) is 13.5. The normalized spacial score (nSPS) is 10.7. The number of hydrogen-bond acceptors (Lipinski definition) is 4. The van der Waals surface area contributed by atoms with Crippen LogP contribution >= 0.6 is 0 Å². The number of aryl methyl sites for hydroxylation is 1. The lowest BCUT2D eigenvalue weighted by Crippen LogP contribution is -2.08. The minimum atomic E-state index is 0.681. The highest BCUT2D eigenvalue weighted by Crippen LogP contribution is 2.28. The summed E-state index contributed by atoms with van der Waals surface area (Å²) in [4.78, 5) is 8.66. The van der Waals surface area contributed by atoms with Crippen LogP contribution in [0.1, 0.15) is 18.1 Å². The first-order valence-corrected chi connectivity index (χ1v) is 7.91. The fraction of sp³-hybridized carbons (Fsp3) is 0.263. The van der Waals surface area contributed by atoms with Crippen LogP contribution < -0.4 is 10.1 Å². The molecule has 0 radical (unpaired) electrons. The van der Waals surface area contributed by atoms with E-state index in [9.17, 15) is 0 Å². The number of anilines is 1. The third-order valence-electron chi connectivity index (χ3n) is 3.99. The van der Waals surface area contributed by atoms with E-state index in [4.69, 9.17) is 4.74 Å². The maximum atomic E-state index is 5.44. The monoisotopic (exact) mass is 307 g/mol. The van der Waals surface area contributed by atoms with Crippen LogP contribution in [0.5, 0.6) is 5.75 Å². The molecule has 1 aromatic heterocycles. The first kappa shape index (κ1) is 15.3. The lowest BCUT2D eigenvalue weighted by Gasteiger charge is -2.11. The second-order valence-corrected chi connectivity index (χ2v) is 5.42. The van der Waals surface area contributed by atoms with Crippen molar-refractivity contribution in [1.29, 1.82) is 0 Å². The fourth-order valence-electron chi connectivity index (χ4n) is 2.67. The van der Waals surface area contributed by atoms with Gasteiger partial charge in [-0.05, 0) is 35.4 Å². The molecular weight excluding hydrogens is 286 g/mol. The summed E-state index contributed by atoms with van der Waals surface area (Å²) in [5.41, 5.74) is 2.44. The van der Waals surface area contributed by atoms with E-state index in [-0.39, 0.29) is 0 Å². The maximum absolute atomic E-state index is 5.44. The van der Waals surface area contributed by atoms with E-state index >= 15 is 0 Å². The number of rotatable bonds is 6. The van der Waals surface area contributed by atoms with Gasteiger partial charge in [-0.25, -0.2) is 9.97 Å². The predicted octanol–water partition coefficient (Wildman–Crippen LogP) is 3.86. The van der Waals surface area contributed by atoms with Crippen LogP contribution in [0, 0.1) is 0 Å². The Morgan fingerprint density at radius 1 is 1.00 bits per heavy atom. The van der Waals surface area contributed by atoms with Crippen molar-refractivity contribution in [2.75, 3.05) is 19.0 Å². The lowest BCUT2D eigenvalue weighted by atomic mass is 10.0. The quantitative estimate of drug-likeness (QED) is 0.751. The summed E-state index contributed by atoms with van der Waals surface area (Å²) in [5.74, 6) is 1.59. The zero-order chi connectivity index (χ0) is 16.1. The molecule has 0 spiro atoms. The first-order chi connectivity index (χ1) is 11.3. The highest BCUT2D eigenvalue weighted by molar-refractivity contribution is 5.91. The third-order valence-corrected chi connectivity index (χ3v) is 3.99. The van der Waals surface area contributed by atoms with Gasteiger partial charge in [-0.3, -0.25) is 0 Å². The van der Waals surface area contributed by atoms with Crippen molar-refractivity contribution in [3.05, 3.63) is 59.9 Å². The van der Waals surface area contributed by atoms with Gasteiger partial charge >= 0.3 is 0 Å². The Morgan fingerprint density at radius 2 is 1.74 bits per heavy atom. The van der Waals surface area contributed by atoms with Gasteiger partial charge in [0.15, 0.2) is 0 Å². The molecule has 1 N–H and O–H groups in total. The summed E-state index contributed by atoms with van der Waals surface area (Å²) in [6, 6.07) is 12.5. The second-order valence-electron chi connectivity index (χ2n) is 5.42. The molecule has 1 heterocycles. The van der Waals surface area contributed by atoms with Gasteiger partial charge in [0.25, 0.3) is 0 Å². The Morgan fingerprint density at radius 3 is 2.43 bits per heavy atom. The van der Waals surface area contributed by atoms with E-state index in [2.05, 4.69) is 46.5 Å². The van der Waals surface area contributed by atoms with E-state index < -0.39 is 0 Å². The second kappa shape index (κ2) is 7.09. The molecule has 118 valence electrons. The molecule has 3 aromatic rings. The smallest absolute Gasteiger partial charge is 0.222 e. The Hall–Kier alpha value is -2.62. The molecule has 4 nitrogen and oxygen atoms in total. The fourth-order valence-corrected chi connectivity index (χ4v) is 2.67. The van der Waals surface area contributed by atoms with E-state index in [1.54, 1.807) is 7.11 Å². The largest absolute Gasteiger partial charge is 0.496 e. The van der Waals surface area contributed by atoms with Gasteiger partial charge < -0.3 is 10.1 Å². The summed E-state index contributed by atoms with van der Waals surface area (Å²) in [5, 5.41) is 5.67. The van der Waals surface area contributed by atoms with Crippen LogP contribution in [0.2, 0.25) is 0 Å². The molecule has 23 heavy (non-hydrogen) atoms. The molecule has 0 bridgehead atoms. The summed E-state index contributed by atoms with van der Waals surface area (Å²) in [6.45, 7) is 2.89. The molecule has 4 heteroatoms. The van der Waals surface area contributed by atoms with Crippen molar-refractivity contribution in [3.63, 3.8) is 0 Å². The standard InChI is InChI=1S/C19H21N3O/c1-3-14-12-21-19(22-13-14)20-11-10-15-8-9-18(23-2)17-7-5-4-6-16(15)17/h4-9,12-13H,3,10-11H2,1-2H3,(H,20,21,22). The average molecular weight is 307 g/mol. The van der Waals surface area contributed by atoms with Crippen molar-refractivity contribution in [1.82, 2.24) is 9.97 Å². The molecule has 0 saturated carbocycles. The Balaban J connectivity index is 1.72. The minimum Gasteiger partial charge on any atom is -0.496 e. The van der Waals surface area contributed by atoms with Crippen LogP contribution in [0.25, 0.3) is 10.8 Å². The molecule has 0 aliphatic heterocycles. The van der Waals surface area contributed by atoms with Crippen molar-refractivity contribution in [2.24, 2.45) is 0 Å². The van der Waals surface area contributed by atoms with Crippen molar-refractivity contribution in [3.8, 4) is 5.75 Å². The van der Waals surface area contributed by atoms with Crippen LogP contribution in [-0.4, -0.2) is 23.6 Å². The Bertz CT molecular complexity index is 784. The van der Waals surface area contributed by atoms with Crippen molar-refractivity contribution in [2.45, 2.75) is 19.8 Å². The van der Waals surface area contributed by atoms with Crippen LogP contribution in [-0.2, 0) is 12.8 Å². The highest BCUT2D eigenvalue weighted by atomic mass is 16.5. The molecular formula is C19H21N3O. The van der Waals surface area contributed by atoms with Gasteiger partial charge in [-0.15, -0.1) is 0 Å². The number of ether oxygens (including phenoxy) is 1. The molecule has 2 aromatic carbocycles. The maximum Gasteiger partial charge on any atom is 0.222 e. The van der Waals surface area contributed by atoms with E-state index in [1.165, 1.54) is 10.9 Å². The topological polar surface area (TPSA) is 47.0 Å². The number of nitrogens with one attached hydrogen (secondary N) is 1. The Labute approximate surface area is 136 Å².